The summed E-state index contributed by atoms with van der Waals surface area (Å²) in [6, 6.07) is 12.3. The van der Waals surface area contributed by atoms with Gasteiger partial charge in [0.15, 0.2) is 0 Å². The topological polar surface area (TPSA) is 59.0 Å². The lowest BCUT2D eigenvalue weighted by Gasteiger charge is -2.34. The van der Waals surface area contributed by atoms with Crippen LogP contribution in [-0.2, 0) is 16.1 Å². The molecule has 25 heavy (non-hydrogen) atoms. The third kappa shape index (κ3) is 2.68. The van der Waals surface area contributed by atoms with E-state index in [9.17, 15) is 9.90 Å². The van der Waals surface area contributed by atoms with Crippen LogP contribution in [-0.4, -0.2) is 49.4 Å². The fraction of sp³-hybridized carbons (Fsp3) is 0.450. The van der Waals surface area contributed by atoms with Crippen molar-refractivity contribution in [1.29, 1.82) is 0 Å². The number of methoxy groups -OCH3 is 1. The molecule has 2 aromatic carbocycles. The molecule has 0 aliphatic carbocycles. The summed E-state index contributed by atoms with van der Waals surface area (Å²) in [6.45, 7) is 3.20. The van der Waals surface area contributed by atoms with Gasteiger partial charge in [-0.2, -0.15) is 0 Å². The molecule has 0 saturated carbocycles. The Labute approximate surface area is 147 Å². The molecule has 132 valence electrons. The van der Waals surface area contributed by atoms with Crippen LogP contribution in [0.2, 0.25) is 0 Å². The molecule has 5 heteroatoms. The van der Waals surface area contributed by atoms with Gasteiger partial charge < -0.3 is 14.6 Å². The van der Waals surface area contributed by atoms with Crippen LogP contribution in [0.3, 0.4) is 0 Å². The Hall–Kier alpha value is -2.11. The maximum atomic E-state index is 12.0. The molecule has 2 heterocycles. The third-order valence-corrected chi connectivity index (χ3v) is 5.79. The van der Waals surface area contributed by atoms with Gasteiger partial charge in [-0.25, -0.2) is 0 Å². The molecular weight excluding hydrogens is 318 g/mol. The number of hydrogen-bond acceptors (Lipinski definition) is 4. The van der Waals surface area contributed by atoms with Crippen LogP contribution in [0.5, 0.6) is 5.75 Å². The number of benzene rings is 2. The molecule has 5 nitrogen and oxygen atoms in total. The van der Waals surface area contributed by atoms with Crippen LogP contribution in [0, 0.1) is 11.3 Å². The first-order valence-electron chi connectivity index (χ1n) is 8.72. The minimum Gasteiger partial charge on any atom is -0.496 e. The molecular formula is C20H23NO4. The smallest absolute Gasteiger partial charge is 0.311 e. The summed E-state index contributed by atoms with van der Waals surface area (Å²) in [4.78, 5) is 14.2. The summed E-state index contributed by atoms with van der Waals surface area (Å²) < 4.78 is 11.0. The Morgan fingerprint density at radius 2 is 2.12 bits per heavy atom. The lowest BCUT2D eigenvalue weighted by atomic mass is 9.74. The van der Waals surface area contributed by atoms with Crippen molar-refractivity contribution in [1.82, 2.24) is 4.90 Å². The van der Waals surface area contributed by atoms with Crippen molar-refractivity contribution < 1.29 is 19.4 Å². The van der Waals surface area contributed by atoms with Crippen molar-refractivity contribution in [2.75, 3.05) is 33.4 Å². The number of hydrogen-bond donors (Lipinski definition) is 1. The average molecular weight is 341 g/mol. The van der Waals surface area contributed by atoms with E-state index in [1.54, 1.807) is 7.11 Å². The van der Waals surface area contributed by atoms with Crippen LogP contribution >= 0.6 is 0 Å². The van der Waals surface area contributed by atoms with Gasteiger partial charge in [-0.05, 0) is 23.4 Å². The molecule has 0 unspecified atom stereocenters. The fourth-order valence-corrected chi connectivity index (χ4v) is 4.41. The molecule has 2 aliphatic heterocycles. The van der Waals surface area contributed by atoms with Gasteiger partial charge in [0.25, 0.3) is 0 Å². The highest BCUT2D eigenvalue weighted by Gasteiger charge is 2.53. The Morgan fingerprint density at radius 1 is 1.32 bits per heavy atom. The van der Waals surface area contributed by atoms with E-state index in [1.807, 2.05) is 18.2 Å². The summed E-state index contributed by atoms with van der Waals surface area (Å²) in [7, 11) is 1.68. The second kappa shape index (κ2) is 6.32. The van der Waals surface area contributed by atoms with E-state index < -0.39 is 11.4 Å². The number of nitrogens with zero attached hydrogens (tertiary/aromatic N) is 1. The van der Waals surface area contributed by atoms with Gasteiger partial charge in [0, 0.05) is 37.5 Å². The first kappa shape index (κ1) is 16.4. The second-order valence-electron chi connectivity index (χ2n) is 7.13. The zero-order valence-electron chi connectivity index (χ0n) is 14.4. The Bertz CT molecular complexity index is 805. The van der Waals surface area contributed by atoms with Gasteiger partial charge in [-0.1, -0.05) is 30.3 Å². The van der Waals surface area contributed by atoms with Crippen molar-refractivity contribution in [3.63, 3.8) is 0 Å². The normalized spacial score (nSPS) is 26.5. The van der Waals surface area contributed by atoms with Crippen molar-refractivity contribution in [2.24, 2.45) is 11.3 Å². The van der Waals surface area contributed by atoms with Gasteiger partial charge in [0.1, 0.15) is 5.75 Å². The van der Waals surface area contributed by atoms with Crippen LogP contribution in [0.15, 0.2) is 36.4 Å². The van der Waals surface area contributed by atoms with E-state index in [0.717, 1.165) is 29.6 Å². The third-order valence-electron chi connectivity index (χ3n) is 5.79. The molecule has 0 radical (unpaired) electrons. The number of carboxylic acid groups (broad SMARTS) is 1. The number of ether oxygens (including phenoxy) is 2. The Kier molecular flexibility index (Phi) is 4.13. The predicted molar refractivity (Wildman–Crippen MR) is 94.8 cm³/mol. The summed E-state index contributed by atoms with van der Waals surface area (Å²) in [5, 5.41) is 12.1. The minimum absolute atomic E-state index is 0.0725. The van der Waals surface area contributed by atoms with Gasteiger partial charge in [0.05, 0.1) is 19.1 Å². The first-order valence-corrected chi connectivity index (χ1v) is 8.72. The quantitative estimate of drug-likeness (QED) is 0.927. The van der Waals surface area contributed by atoms with Crippen LogP contribution in [0.25, 0.3) is 10.8 Å². The summed E-state index contributed by atoms with van der Waals surface area (Å²) >= 11 is 0. The highest BCUT2D eigenvalue weighted by atomic mass is 16.5. The molecule has 2 fully saturated rings. The van der Waals surface area contributed by atoms with Gasteiger partial charge in [0.2, 0.25) is 0 Å². The number of rotatable bonds is 4. The fourth-order valence-electron chi connectivity index (χ4n) is 4.41. The molecule has 2 aromatic rings. The van der Waals surface area contributed by atoms with E-state index in [0.29, 0.717) is 26.2 Å². The minimum atomic E-state index is -0.678. The molecule has 2 saturated heterocycles. The molecule has 0 spiro atoms. The first-order chi connectivity index (χ1) is 12.1. The molecule has 0 bridgehead atoms. The Morgan fingerprint density at radius 3 is 2.84 bits per heavy atom. The largest absolute Gasteiger partial charge is 0.496 e. The number of fused-ring (bicyclic) bond motifs is 2. The SMILES string of the molecule is COc1ccc(CN2C[C@@H]3COCC[C@]3(C(=O)O)C2)c2ccccc12. The molecule has 2 aliphatic rings. The monoisotopic (exact) mass is 341 g/mol. The van der Waals surface area contributed by atoms with Crippen LogP contribution < -0.4 is 4.74 Å². The zero-order chi connectivity index (χ0) is 17.4. The molecule has 2 atom stereocenters. The number of carboxylic acids is 1. The predicted octanol–water partition coefficient (Wildman–Crippen LogP) is 2.77. The number of aliphatic carboxylic acids is 1. The summed E-state index contributed by atoms with van der Waals surface area (Å²) in [5.41, 5.74) is 0.553. The van der Waals surface area contributed by atoms with Crippen molar-refractivity contribution in [3.05, 3.63) is 42.0 Å². The summed E-state index contributed by atoms with van der Waals surface area (Å²) in [5.74, 6) is 0.260. The average Bonchev–Trinajstić information content (AvgIpc) is 3.01. The lowest BCUT2D eigenvalue weighted by molar-refractivity contribution is -0.157. The zero-order valence-corrected chi connectivity index (χ0v) is 14.4. The standard InChI is InChI=1S/C20H23NO4/c1-24-18-7-6-14(16-4-2-3-5-17(16)18)10-21-11-15-12-25-9-8-20(15,13-21)19(22)23/h2-7,15H,8-13H2,1H3,(H,22,23)/t15-,20+/m1/s1. The van der Waals surface area contributed by atoms with Crippen molar-refractivity contribution in [2.45, 2.75) is 13.0 Å². The van der Waals surface area contributed by atoms with Crippen molar-refractivity contribution >= 4 is 16.7 Å². The van der Waals surface area contributed by atoms with Crippen LogP contribution in [0.4, 0.5) is 0 Å². The maximum absolute atomic E-state index is 12.0. The maximum Gasteiger partial charge on any atom is 0.311 e. The van der Waals surface area contributed by atoms with Crippen LogP contribution in [0.1, 0.15) is 12.0 Å². The highest BCUT2D eigenvalue weighted by molar-refractivity contribution is 5.91. The van der Waals surface area contributed by atoms with Gasteiger partial charge >= 0.3 is 5.97 Å². The van der Waals surface area contributed by atoms with Gasteiger partial charge in [-0.3, -0.25) is 9.69 Å². The molecule has 0 aromatic heterocycles. The lowest BCUT2D eigenvalue weighted by Crippen LogP contribution is -2.44. The van der Waals surface area contributed by atoms with E-state index in [1.165, 1.54) is 5.56 Å². The molecule has 1 N–H and O–H groups in total. The molecule has 0 amide bonds. The van der Waals surface area contributed by atoms with Crippen molar-refractivity contribution in [3.8, 4) is 5.75 Å². The van der Waals surface area contributed by atoms with E-state index in [4.69, 9.17) is 9.47 Å². The van der Waals surface area contributed by atoms with E-state index in [2.05, 4.69) is 23.1 Å². The number of carbonyl (C=O) groups is 1. The van der Waals surface area contributed by atoms with E-state index >= 15 is 0 Å². The highest BCUT2D eigenvalue weighted by Crippen LogP contribution is 2.43. The van der Waals surface area contributed by atoms with Gasteiger partial charge in [-0.15, -0.1) is 0 Å². The Balaban J connectivity index is 1.63. The second-order valence-corrected chi connectivity index (χ2v) is 7.13. The van der Waals surface area contributed by atoms with E-state index in [-0.39, 0.29) is 5.92 Å². The number of likely N-dealkylation sites (tertiary alicyclic amines) is 1. The summed E-state index contributed by atoms with van der Waals surface area (Å²) in [6.07, 6.45) is 0.604. The molecule has 4 rings (SSSR count).